The first kappa shape index (κ1) is 34.9. The summed E-state index contributed by atoms with van der Waals surface area (Å²) >= 11 is 2.04. The summed E-state index contributed by atoms with van der Waals surface area (Å²) in [4.78, 5) is 14.5. The molecule has 0 fully saturated rings. The van der Waals surface area contributed by atoms with Crippen LogP contribution in [-0.4, -0.2) is 35.1 Å². The van der Waals surface area contributed by atoms with Crippen LogP contribution in [0.4, 0.5) is 0 Å². The van der Waals surface area contributed by atoms with Crippen LogP contribution in [0.5, 0.6) is 0 Å². The van der Waals surface area contributed by atoms with Crippen molar-refractivity contribution in [3.8, 4) is 22.5 Å². The van der Waals surface area contributed by atoms with Gasteiger partial charge < -0.3 is 0 Å². The van der Waals surface area contributed by atoms with Gasteiger partial charge in [-0.05, 0) is 103 Å². The molecule has 0 atom stereocenters. The van der Waals surface area contributed by atoms with Gasteiger partial charge in [0.2, 0.25) is 0 Å². The quantitative estimate of drug-likeness (QED) is 0.0761. The zero-order valence-corrected chi connectivity index (χ0v) is 31.5. The zero-order chi connectivity index (χ0) is 38.2. The number of nitrogens with one attached hydrogen (secondary N) is 3. The molecule has 0 aliphatic heterocycles. The molecule has 0 saturated carbocycles. The van der Waals surface area contributed by atoms with Crippen molar-refractivity contribution in [3.63, 3.8) is 0 Å². The van der Waals surface area contributed by atoms with Gasteiger partial charge in [0.1, 0.15) is 20.8 Å². The van der Waals surface area contributed by atoms with Crippen LogP contribution in [0.25, 0.3) is 65.6 Å². The smallest absolute Gasteiger partial charge is 0.263 e. The number of nitrogens with zero attached hydrogens (tertiary/aromatic N) is 3. The molecule has 0 aliphatic carbocycles. The first-order chi connectivity index (χ1) is 27.4. The van der Waals surface area contributed by atoms with E-state index in [1.165, 1.54) is 10.8 Å². The van der Waals surface area contributed by atoms with E-state index in [4.69, 9.17) is 31.6 Å². The van der Waals surface area contributed by atoms with E-state index >= 15 is 0 Å². The number of pyridine rings is 3. The molecule has 266 valence electrons. The Kier molecular flexibility index (Phi) is 9.22. The number of thioether (sulfide) groups is 2. The standard InChI is InChI=1S/C47H31N7S2/c48-44(40-22-9-20-38(52-40)36-26-28-12-1-3-14-30(28)32-16-5-7-18-34(32)36)55-46(50)42-24-11-25-43(54-42)47(51)56-45(49)41-23-10-21-39(53-41)37-27-29-13-2-4-15-31(29)33-17-6-8-19-35(33)37/h1-27,48-51H/p+1. The third-order valence-corrected chi connectivity index (χ3v) is 11.4. The monoisotopic (exact) mass is 758 g/mol. The van der Waals surface area contributed by atoms with Crippen molar-refractivity contribution in [3.05, 3.63) is 187 Å². The molecule has 3 aromatic heterocycles. The van der Waals surface area contributed by atoms with Crippen LogP contribution in [0.15, 0.2) is 164 Å². The molecule has 0 saturated heterocycles. The Morgan fingerprint density at radius 1 is 0.375 bits per heavy atom. The highest BCUT2D eigenvalue weighted by atomic mass is 32.2. The fourth-order valence-electron chi connectivity index (χ4n) is 7.07. The zero-order valence-electron chi connectivity index (χ0n) is 29.8. The molecular formula is C47H32N7S2+. The van der Waals surface area contributed by atoms with Crippen molar-refractivity contribution in [1.82, 2.24) is 15.0 Å². The average molecular weight is 759 g/mol. The Bertz CT molecular complexity index is 2880. The summed E-state index contributed by atoms with van der Waals surface area (Å²) in [6, 6.07) is 54.2. The molecule has 0 spiro atoms. The molecule has 0 amide bonds. The van der Waals surface area contributed by atoms with E-state index in [0.29, 0.717) is 27.8 Å². The van der Waals surface area contributed by atoms with E-state index in [9.17, 15) is 0 Å². The molecule has 9 heteroatoms. The van der Waals surface area contributed by atoms with Crippen molar-refractivity contribution < 1.29 is 5.41 Å². The molecule has 0 radical (unpaired) electrons. The number of fused-ring (bicyclic) bond motifs is 6. The predicted octanol–water partition coefficient (Wildman–Crippen LogP) is 10.2. The number of hydrogen-bond acceptors (Lipinski definition) is 8. The summed E-state index contributed by atoms with van der Waals surface area (Å²) in [5.74, 6) is 0. The van der Waals surface area contributed by atoms with E-state index < -0.39 is 0 Å². The second-order valence-corrected chi connectivity index (χ2v) is 15.2. The van der Waals surface area contributed by atoms with Gasteiger partial charge in [-0.3, -0.25) is 16.2 Å². The number of benzene rings is 6. The van der Waals surface area contributed by atoms with E-state index in [0.717, 1.165) is 78.4 Å². The molecule has 7 nitrogen and oxygen atoms in total. The summed E-state index contributed by atoms with van der Waals surface area (Å²) in [6.45, 7) is 0. The lowest BCUT2D eigenvalue weighted by molar-refractivity contribution is -0.107. The molecule has 56 heavy (non-hydrogen) atoms. The van der Waals surface area contributed by atoms with Crippen molar-refractivity contribution in [1.29, 1.82) is 16.2 Å². The molecule has 0 bridgehead atoms. The molecule has 6 aromatic carbocycles. The van der Waals surface area contributed by atoms with Gasteiger partial charge in [0.15, 0.2) is 0 Å². The van der Waals surface area contributed by atoms with Gasteiger partial charge in [-0.2, -0.15) is 0 Å². The number of rotatable bonds is 6. The first-order valence-electron chi connectivity index (χ1n) is 17.9. The third-order valence-electron chi connectivity index (χ3n) is 9.70. The SMILES string of the molecule is N=C(SC(=N)c1cccc(-c2cc3ccccc3c3ccccc23)n1)c1cccc(C(=N)SC(=[NH2+])c2cccc(-c3cc4ccccc4c4ccccc34)n2)n1. The maximum Gasteiger partial charge on any atom is 0.263 e. The number of nitrogens with two attached hydrogens (primary N) is 1. The number of aromatic nitrogens is 3. The third kappa shape index (κ3) is 6.63. The highest BCUT2D eigenvalue weighted by Crippen LogP contribution is 2.36. The lowest BCUT2D eigenvalue weighted by Crippen LogP contribution is -2.39. The lowest BCUT2D eigenvalue weighted by Gasteiger charge is -2.12. The van der Waals surface area contributed by atoms with Crippen LogP contribution in [0.2, 0.25) is 0 Å². The van der Waals surface area contributed by atoms with Crippen LogP contribution in [0.3, 0.4) is 0 Å². The Balaban J connectivity index is 0.919. The summed E-state index contributed by atoms with van der Waals surface area (Å²) in [5, 5.41) is 43.1. The van der Waals surface area contributed by atoms with E-state index in [1.807, 2.05) is 72.8 Å². The van der Waals surface area contributed by atoms with E-state index in [-0.39, 0.29) is 15.1 Å². The maximum atomic E-state index is 8.91. The van der Waals surface area contributed by atoms with Gasteiger partial charge in [-0.25, -0.2) is 20.4 Å². The molecule has 5 N–H and O–H groups in total. The summed E-state index contributed by atoms with van der Waals surface area (Å²) < 4.78 is 0. The van der Waals surface area contributed by atoms with Gasteiger partial charge in [0.05, 0.1) is 28.5 Å². The fourth-order valence-corrected chi connectivity index (χ4v) is 8.37. The van der Waals surface area contributed by atoms with Crippen molar-refractivity contribution >= 4 is 86.8 Å². The van der Waals surface area contributed by atoms with E-state index in [1.54, 1.807) is 24.3 Å². The van der Waals surface area contributed by atoms with Gasteiger partial charge in [-0.1, -0.05) is 115 Å². The van der Waals surface area contributed by atoms with Gasteiger partial charge in [-0.15, -0.1) is 0 Å². The van der Waals surface area contributed by atoms with Crippen molar-refractivity contribution in [2.45, 2.75) is 0 Å². The largest absolute Gasteiger partial charge is 0.292 e. The minimum atomic E-state index is 0.0759. The predicted molar refractivity (Wildman–Crippen MR) is 235 cm³/mol. The molecular weight excluding hydrogens is 727 g/mol. The van der Waals surface area contributed by atoms with Gasteiger partial charge in [0.25, 0.3) is 5.04 Å². The van der Waals surface area contributed by atoms with Crippen LogP contribution >= 0.6 is 23.5 Å². The van der Waals surface area contributed by atoms with Crippen molar-refractivity contribution in [2.75, 3.05) is 0 Å². The molecule has 3 heterocycles. The molecule has 0 aliphatic rings. The van der Waals surface area contributed by atoms with Crippen LogP contribution in [0.1, 0.15) is 22.8 Å². The van der Waals surface area contributed by atoms with Crippen LogP contribution < -0.4 is 5.41 Å². The Morgan fingerprint density at radius 2 is 0.750 bits per heavy atom. The number of hydrogen-bond donors (Lipinski definition) is 4. The lowest BCUT2D eigenvalue weighted by atomic mass is 9.95. The molecule has 9 aromatic rings. The Labute approximate surface area is 330 Å². The highest BCUT2D eigenvalue weighted by molar-refractivity contribution is 8.27. The van der Waals surface area contributed by atoms with E-state index in [2.05, 4.69) is 71.7 Å². The summed E-state index contributed by atoms with van der Waals surface area (Å²) in [5.41, 5.74) is 5.28. The maximum absolute atomic E-state index is 8.91. The highest BCUT2D eigenvalue weighted by Gasteiger charge is 2.20. The Morgan fingerprint density at radius 3 is 1.27 bits per heavy atom. The van der Waals surface area contributed by atoms with Crippen LogP contribution in [-0.2, 0) is 0 Å². The molecule has 9 rings (SSSR count). The van der Waals surface area contributed by atoms with Gasteiger partial charge in [0, 0.05) is 22.9 Å². The second-order valence-electron chi connectivity index (χ2n) is 13.2. The first-order valence-corrected chi connectivity index (χ1v) is 19.5. The topological polar surface area (TPSA) is 136 Å². The minimum Gasteiger partial charge on any atom is -0.292 e. The summed E-state index contributed by atoms with van der Waals surface area (Å²) in [6.07, 6.45) is 0. The minimum absolute atomic E-state index is 0.0759. The molecule has 0 unspecified atom stereocenters. The fraction of sp³-hybridized carbons (Fsp3) is 0. The average Bonchev–Trinajstić information content (AvgIpc) is 3.26. The summed E-state index contributed by atoms with van der Waals surface area (Å²) in [7, 11) is 0. The van der Waals surface area contributed by atoms with Gasteiger partial charge >= 0.3 is 0 Å². The Hall–Kier alpha value is -6.81. The van der Waals surface area contributed by atoms with Crippen LogP contribution in [0, 0.1) is 16.2 Å². The second kappa shape index (κ2) is 14.8. The normalized spacial score (nSPS) is 11.3. The van der Waals surface area contributed by atoms with Crippen molar-refractivity contribution in [2.24, 2.45) is 0 Å².